The zero-order valence-electron chi connectivity index (χ0n) is 9.47. The van der Waals surface area contributed by atoms with E-state index in [2.05, 4.69) is 0 Å². The summed E-state index contributed by atoms with van der Waals surface area (Å²) in [6, 6.07) is 1.67. The molecule has 1 atom stereocenters. The smallest absolute Gasteiger partial charge is 0.295 e. The number of hydrogen-bond donors (Lipinski definition) is 1. The summed E-state index contributed by atoms with van der Waals surface area (Å²) in [5.41, 5.74) is -0.859. The number of halogens is 2. The molecular weight excluding hydrogens is 246 g/mol. The molecule has 0 radical (unpaired) electrons. The van der Waals surface area contributed by atoms with Crippen molar-refractivity contribution in [2.24, 2.45) is 0 Å². The number of rotatable bonds is 2. The predicted octanol–water partition coefficient (Wildman–Crippen LogP) is 1.83. The summed E-state index contributed by atoms with van der Waals surface area (Å²) in [5.74, 6) is -2.37. The molecule has 1 aliphatic rings. The maximum atomic E-state index is 13.7. The largest absolute Gasteiger partial charge is 0.391 e. The van der Waals surface area contributed by atoms with E-state index in [1.807, 2.05) is 0 Å². The van der Waals surface area contributed by atoms with Gasteiger partial charge in [-0.1, -0.05) is 0 Å². The summed E-state index contributed by atoms with van der Waals surface area (Å²) in [5, 5.41) is 20.3. The third-order valence-electron chi connectivity index (χ3n) is 2.96. The Balaban J connectivity index is 2.46. The molecule has 0 amide bonds. The number of nitro benzene ring substituents is 1. The third-order valence-corrected chi connectivity index (χ3v) is 2.96. The van der Waals surface area contributed by atoms with Gasteiger partial charge in [-0.05, 0) is 18.9 Å². The van der Waals surface area contributed by atoms with E-state index in [1.54, 1.807) is 0 Å². The van der Waals surface area contributed by atoms with Gasteiger partial charge in [-0.3, -0.25) is 10.1 Å². The van der Waals surface area contributed by atoms with Gasteiger partial charge in [0.2, 0.25) is 0 Å². The van der Waals surface area contributed by atoms with E-state index in [0.29, 0.717) is 19.4 Å². The van der Waals surface area contributed by atoms with E-state index < -0.39 is 28.3 Å². The Labute approximate surface area is 102 Å². The minimum Gasteiger partial charge on any atom is -0.391 e. The van der Waals surface area contributed by atoms with Crippen molar-refractivity contribution >= 4 is 11.4 Å². The summed E-state index contributed by atoms with van der Waals surface area (Å²) in [4.78, 5) is 11.4. The quantitative estimate of drug-likeness (QED) is 0.649. The minimum absolute atomic E-state index is 0.0706. The summed E-state index contributed by atoms with van der Waals surface area (Å²) in [7, 11) is 0. The molecule has 7 heteroatoms. The Morgan fingerprint density at radius 2 is 2.17 bits per heavy atom. The zero-order chi connectivity index (χ0) is 13.3. The van der Waals surface area contributed by atoms with E-state index in [1.165, 1.54) is 4.90 Å². The maximum absolute atomic E-state index is 13.7. The lowest BCUT2D eigenvalue weighted by atomic mass is 10.1. The van der Waals surface area contributed by atoms with Gasteiger partial charge >= 0.3 is 0 Å². The predicted molar refractivity (Wildman–Crippen MR) is 60.5 cm³/mol. The van der Waals surface area contributed by atoms with Crippen LogP contribution < -0.4 is 4.90 Å². The highest BCUT2D eigenvalue weighted by Gasteiger charge is 2.29. The van der Waals surface area contributed by atoms with Gasteiger partial charge < -0.3 is 10.0 Å². The topological polar surface area (TPSA) is 66.6 Å². The Kier molecular flexibility index (Phi) is 3.42. The number of nitro groups is 1. The minimum atomic E-state index is -1.24. The lowest BCUT2D eigenvalue weighted by molar-refractivity contribution is -0.384. The second-order valence-corrected chi connectivity index (χ2v) is 4.23. The van der Waals surface area contributed by atoms with Crippen LogP contribution in [0.3, 0.4) is 0 Å². The van der Waals surface area contributed by atoms with Crippen LogP contribution in [0.15, 0.2) is 12.1 Å². The number of β-amino-alcohol motifs (C(OH)–C–C–N with tert-alkyl or cyclic N) is 1. The molecule has 1 saturated heterocycles. The molecule has 0 aromatic heterocycles. The standard InChI is InChI=1S/C11H12F2N2O3/c12-8-3-4-9(15(17)18)11(10(8)13)14-5-1-2-7(16)6-14/h3-4,7,16H,1-2,5-6H2/t7-/m0/s1. The molecule has 0 unspecified atom stereocenters. The lowest BCUT2D eigenvalue weighted by Gasteiger charge is -2.31. The molecule has 1 N–H and O–H groups in total. The summed E-state index contributed by atoms with van der Waals surface area (Å²) < 4.78 is 26.9. The van der Waals surface area contributed by atoms with Crippen molar-refractivity contribution in [3.63, 3.8) is 0 Å². The van der Waals surface area contributed by atoms with Crippen LogP contribution in [-0.2, 0) is 0 Å². The maximum Gasteiger partial charge on any atom is 0.295 e. The second-order valence-electron chi connectivity index (χ2n) is 4.23. The molecule has 98 valence electrons. The number of aliphatic hydroxyl groups is 1. The van der Waals surface area contributed by atoms with Gasteiger partial charge in [0.15, 0.2) is 17.3 Å². The molecule has 1 aromatic carbocycles. The fourth-order valence-corrected chi connectivity index (χ4v) is 2.14. The van der Waals surface area contributed by atoms with Gasteiger partial charge in [-0.2, -0.15) is 0 Å². The van der Waals surface area contributed by atoms with E-state index in [4.69, 9.17) is 0 Å². The van der Waals surface area contributed by atoms with Crippen LogP contribution in [-0.4, -0.2) is 29.2 Å². The van der Waals surface area contributed by atoms with Gasteiger partial charge in [0.1, 0.15) is 0 Å². The molecule has 1 aliphatic heterocycles. The molecule has 2 rings (SSSR count). The molecule has 0 spiro atoms. The Bertz CT molecular complexity index is 482. The number of piperidine rings is 1. The van der Waals surface area contributed by atoms with Crippen LogP contribution in [0.5, 0.6) is 0 Å². The van der Waals surface area contributed by atoms with E-state index in [-0.39, 0.29) is 12.2 Å². The van der Waals surface area contributed by atoms with Crippen molar-refractivity contribution in [2.45, 2.75) is 18.9 Å². The van der Waals surface area contributed by atoms with Gasteiger partial charge in [0, 0.05) is 19.2 Å². The molecule has 1 fully saturated rings. The molecule has 0 saturated carbocycles. The van der Waals surface area contributed by atoms with Crippen molar-refractivity contribution in [1.82, 2.24) is 0 Å². The Morgan fingerprint density at radius 3 is 2.78 bits per heavy atom. The highest BCUT2D eigenvalue weighted by molar-refractivity contribution is 5.64. The summed E-state index contributed by atoms with van der Waals surface area (Å²) in [6.45, 7) is 0.430. The van der Waals surface area contributed by atoms with Crippen molar-refractivity contribution < 1.29 is 18.8 Å². The Morgan fingerprint density at radius 1 is 1.44 bits per heavy atom. The second kappa shape index (κ2) is 4.85. The normalized spacial score (nSPS) is 19.9. The molecule has 18 heavy (non-hydrogen) atoms. The Hall–Kier alpha value is -1.76. The first kappa shape index (κ1) is 12.7. The average molecular weight is 258 g/mol. The van der Waals surface area contributed by atoms with E-state index >= 15 is 0 Å². The van der Waals surface area contributed by atoms with Crippen LogP contribution in [0.25, 0.3) is 0 Å². The van der Waals surface area contributed by atoms with Crippen LogP contribution in [0.4, 0.5) is 20.2 Å². The fourth-order valence-electron chi connectivity index (χ4n) is 2.14. The van der Waals surface area contributed by atoms with Crippen molar-refractivity contribution in [3.8, 4) is 0 Å². The van der Waals surface area contributed by atoms with Crippen LogP contribution in [0.1, 0.15) is 12.8 Å². The van der Waals surface area contributed by atoms with Crippen molar-refractivity contribution in [2.75, 3.05) is 18.0 Å². The highest BCUT2D eigenvalue weighted by Crippen LogP contribution is 2.34. The van der Waals surface area contributed by atoms with Gasteiger partial charge in [-0.15, -0.1) is 0 Å². The van der Waals surface area contributed by atoms with Crippen LogP contribution >= 0.6 is 0 Å². The molecule has 5 nitrogen and oxygen atoms in total. The number of nitrogens with zero attached hydrogens (tertiary/aromatic N) is 2. The van der Waals surface area contributed by atoms with Gasteiger partial charge in [-0.25, -0.2) is 8.78 Å². The van der Waals surface area contributed by atoms with Crippen molar-refractivity contribution in [3.05, 3.63) is 33.9 Å². The fraction of sp³-hybridized carbons (Fsp3) is 0.455. The average Bonchev–Trinajstić information content (AvgIpc) is 2.32. The number of aliphatic hydroxyl groups excluding tert-OH is 1. The molecule has 0 bridgehead atoms. The molecule has 0 aliphatic carbocycles. The van der Waals surface area contributed by atoms with Gasteiger partial charge in [0.25, 0.3) is 5.69 Å². The van der Waals surface area contributed by atoms with Crippen LogP contribution in [0, 0.1) is 21.7 Å². The zero-order valence-corrected chi connectivity index (χ0v) is 9.47. The van der Waals surface area contributed by atoms with Crippen molar-refractivity contribution in [1.29, 1.82) is 0 Å². The molecule has 1 heterocycles. The first-order chi connectivity index (χ1) is 8.50. The third kappa shape index (κ3) is 2.26. The summed E-state index contributed by atoms with van der Waals surface area (Å²) >= 11 is 0. The lowest BCUT2D eigenvalue weighted by Crippen LogP contribution is -2.39. The summed E-state index contributed by atoms with van der Waals surface area (Å²) in [6.07, 6.45) is 0.455. The first-order valence-corrected chi connectivity index (χ1v) is 5.56. The monoisotopic (exact) mass is 258 g/mol. The van der Waals surface area contributed by atoms with E-state index in [0.717, 1.165) is 12.1 Å². The van der Waals surface area contributed by atoms with Crippen LogP contribution in [0.2, 0.25) is 0 Å². The van der Waals surface area contributed by atoms with E-state index in [9.17, 15) is 24.0 Å². The molecule has 1 aromatic rings. The number of hydrogen-bond acceptors (Lipinski definition) is 4. The van der Waals surface area contributed by atoms with Gasteiger partial charge in [0.05, 0.1) is 11.0 Å². The number of benzene rings is 1. The molecular formula is C11H12F2N2O3. The SMILES string of the molecule is O=[N+]([O-])c1ccc(F)c(F)c1N1CCC[C@H](O)C1. The first-order valence-electron chi connectivity index (χ1n) is 5.56. The number of anilines is 1. The highest BCUT2D eigenvalue weighted by atomic mass is 19.2.